The highest BCUT2D eigenvalue weighted by molar-refractivity contribution is 5.51. The zero-order valence-electron chi connectivity index (χ0n) is 17.5. The molecule has 0 unspecified atom stereocenters. The molecule has 0 amide bonds. The first-order chi connectivity index (χ1) is 13.4. The maximum Gasteiger partial charge on any atom is 0.148 e. The number of hydrogen-bond acceptors (Lipinski definition) is 4. The first kappa shape index (κ1) is 18.9. The summed E-state index contributed by atoms with van der Waals surface area (Å²) in [6, 6.07) is 8.65. The normalized spacial score (nSPS) is 18.0. The minimum atomic E-state index is 0.431. The van der Waals surface area contributed by atoms with Crippen LogP contribution in [0.5, 0.6) is 0 Å². The molecule has 5 heteroatoms. The monoisotopic (exact) mass is 379 g/mol. The van der Waals surface area contributed by atoms with Crippen LogP contribution in [0.25, 0.3) is 0 Å². The van der Waals surface area contributed by atoms with E-state index in [9.17, 15) is 0 Å². The standard InChI is InChI=1S/C23H33N5/c1-17-7-8-20(13-18(17)2)25-19(3)27-11-12-28-21(15-27)14-22(26-28)24-16-23(4)9-5-6-10-23/h7-8,13-14,25H,3,5-6,9-12,15-16H2,1-2,4H3,(H,24,26). The van der Waals surface area contributed by atoms with Crippen molar-refractivity contribution in [2.24, 2.45) is 5.41 Å². The Kier molecular flexibility index (Phi) is 5.09. The molecule has 4 rings (SSSR count). The van der Waals surface area contributed by atoms with E-state index in [0.717, 1.165) is 43.5 Å². The Morgan fingerprint density at radius 2 is 1.93 bits per heavy atom. The zero-order valence-corrected chi connectivity index (χ0v) is 17.5. The predicted molar refractivity (Wildman–Crippen MR) is 116 cm³/mol. The van der Waals surface area contributed by atoms with Gasteiger partial charge >= 0.3 is 0 Å². The molecular formula is C23H33N5. The van der Waals surface area contributed by atoms with Crippen molar-refractivity contribution < 1.29 is 0 Å². The molecule has 2 aromatic rings. The second-order valence-electron chi connectivity index (χ2n) is 8.91. The van der Waals surface area contributed by atoms with Crippen molar-refractivity contribution in [2.45, 2.75) is 59.5 Å². The predicted octanol–water partition coefficient (Wildman–Crippen LogP) is 4.89. The van der Waals surface area contributed by atoms with E-state index in [1.54, 1.807) is 0 Å². The molecule has 0 radical (unpaired) electrons. The van der Waals surface area contributed by atoms with Crippen LogP contribution >= 0.6 is 0 Å². The summed E-state index contributed by atoms with van der Waals surface area (Å²) < 4.78 is 2.14. The number of fused-ring (bicyclic) bond motifs is 1. The molecule has 1 aliphatic heterocycles. The molecule has 1 aliphatic carbocycles. The molecule has 1 aromatic heterocycles. The Labute approximate surface area is 168 Å². The van der Waals surface area contributed by atoms with E-state index in [1.165, 1.54) is 42.5 Å². The zero-order chi connectivity index (χ0) is 19.7. The van der Waals surface area contributed by atoms with E-state index in [0.29, 0.717) is 5.41 Å². The molecule has 2 aliphatic rings. The Bertz CT molecular complexity index is 860. The number of benzene rings is 1. The summed E-state index contributed by atoms with van der Waals surface area (Å²) in [5.41, 5.74) is 5.37. The van der Waals surface area contributed by atoms with Crippen molar-refractivity contribution >= 4 is 11.5 Å². The summed E-state index contributed by atoms with van der Waals surface area (Å²) in [6.45, 7) is 14.6. The molecule has 0 atom stereocenters. The number of nitrogens with zero attached hydrogens (tertiary/aromatic N) is 3. The second kappa shape index (κ2) is 7.53. The summed E-state index contributed by atoms with van der Waals surface area (Å²) in [5.74, 6) is 1.96. The van der Waals surface area contributed by atoms with E-state index < -0.39 is 0 Å². The highest BCUT2D eigenvalue weighted by Gasteiger charge is 2.28. The van der Waals surface area contributed by atoms with Crippen LogP contribution in [0.15, 0.2) is 36.7 Å². The van der Waals surface area contributed by atoms with Crippen LogP contribution < -0.4 is 10.6 Å². The topological polar surface area (TPSA) is 45.1 Å². The average molecular weight is 380 g/mol. The molecule has 28 heavy (non-hydrogen) atoms. The van der Waals surface area contributed by atoms with Gasteiger partial charge in [0.05, 0.1) is 24.6 Å². The van der Waals surface area contributed by atoms with Crippen LogP contribution in [-0.4, -0.2) is 27.8 Å². The first-order valence-corrected chi connectivity index (χ1v) is 10.5. The summed E-state index contributed by atoms with van der Waals surface area (Å²) in [7, 11) is 0. The molecule has 0 spiro atoms. The molecule has 1 saturated carbocycles. The highest BCUT2D eigenvalue weighted by atomic mass is 15.4. The number of nitrogens with one attached hydrogen (secondary N) is 2. The quantitative estimate of drug-likeness (QED) is 0.750. The molecule has 2 N–H and O–H groups in total. The van der Waals surface area contributed by atoms with E-state index in [1.807, 2.05) is 0 Å². The Balaban J connectivity index is 1.36. The lowest BCUT2D eigenvalue weighted by Crippen LogP contribution is -2.35. The number of anilines is 2. The SMILES string of the molecule is C=C(Nc1ccc(C)c(C)c1)N1CCn2nc(NCC3(C)CCCC3)cc2C1. The lowest BCUT2D eigenvalue weighted by Gasteiger charge is -2.31. The van der Waals surface area contributed by atoms with E-state index in [-0.39, 0.29) is 0 Å². The average Bonchev–Trinajstić information content (AvgIpc) is 3.28. The van der Waals surface area contributed by atoms with Crippen LogP contribution in [0, 0.1) is 19.3 Å². The van der Waals surface area contributed by atoms with Crippen LogP contribution in [0.4, 0.5) is 11.5 Å². The van der Waals surface area contributed by atoms with Gasteiger partial charge in [0.1, 0.15) is 5.82 Å². The van der Waals surface area contributed by atoms with Crippen LogP contribution in [0.3, 0.4) is 0 Å². The number of rotatable bonds is 6. The van der Waals surface area contributed by atoms with Gasteiger partial charge in [0.2, 0.25) is 0 Å². The Morgan fingerprint density at radius 3 is 2.68 bits per heavy atom. The summed E-state index contributed by atoms with van der Waals surface area (Å²) >= 11 is 0. The lowest BCUT2D eigenvalue weighted by molar-refractivity contribution is 0.271. The number of aromatic nitrogens is 2. The van der Waals surface area contributed by atoms with Gasteiger partial charge in [0.25, 0.3) is 0 Å². The van der Waals surface area contributed by atoms with Gasteiger partial charge in [-0.15, -0.1) is 0 Å². The molecule has 1 fully saturated rings. The number of hydrogen-bond donors (Lipinski definition) is 2. The molecule has 0 saturated heterocycles. The van der Waals surface area contributed by atoms with E-state index >= 15 is 0 Å². The van der Waals surface area contributed by atoms with Crippen molar-refractivity contribution in [3.8, 4) is 0 Å². The summed E-state index contributed by atoms with van der Waals surface area (Å²) in [5, 5.41) is 11.8. The van der Waals surface area contributed by atoms with Gasteiger partial charge in [0.15, 0.2) is 0 Å². The van der Waals surface area contributed by atoms with E-state index in [2.05, 4.69) is 71.8 Å². The molecule has 1 aromatic carbocycles. The lowest BCUT2D eigenvalue weighted by atomic mass is 9.89. The molecule has 150 valence electrons. The van der Waals surface area contributed by atoms with Gasteiger partial charge < -0.3 is 15.5 Å². The summed E-state index contributed by atoms with van der Waals surface area (Å²) in [6.07, 6.45) is 5.38. The fraction of sp³-hybridized carbons (Fsp3) is 0.522. The van der Waals surface area contributed by atoms with Gasteiger partial charge in [0, 0.05) is 24.8 Å². The maximum absolute atomic E-state index is 4.77. The van der Waals surface area contributed by atoms with Gasteiger partial charge in [-0.05, 0) is 55.4 Å². The fourth-order valence-corrected chi connectivity index (χ4v) is 4.36. The molecule has 5 nitrogen and oxygen atoms in total. The third-order valence-electron chi connectivity index (χ3n) is 6.48. The summed E-state index contributed by atoms with van der Waals surface area (Å²) in [4.78, 5) is 2.30. The largest absolute Gasteiger partial charge is 0.368 e. The highest BCUT2D eigenvalue weighted by Crippen LogP contribution is 2.37. The van der Waals surface area contributed by atoms with Crippen LogP contribution in [0.2, 0.25) is 0 Å². The van der Waals surface area contributed by atoms with Crippen molar-refractivity contribution in [3.63, 3.8) is 0 Å². The van der Waals surface area contributed by atoms with E-state index in [4.69, 9.17) is 5.10 Å². The minimum Gasteiger partial charge on any atom is -0.368 e. The van der Waals surface area contributed by atoms with Crippen molar-refractivity contribution in [1.29, 1.82) is 0 Å². The second-order valence-corrected chi connectivity index (χ2v) is 8.91. The molecule has 2 heterocycles. The molecular weight excluding hydrogens is 346 g/mol. The van der Waals surface area contributed by atoms with Crippen LogP contribution in [0.1, 0.15) is 49.4 Å². The smallest absolute Gasteiger partial charge is 0.148 e. The van der Waals surface area contributed by atoms with Crippen molar-refractivity contribution in [1.82, 2.24) is 14.7 Å². The van der Waals surface area contributed by atoms with Gasteiger partial charge in [-0.1, -0.05) is 32.4 Å². The Morgan fingerprint density at radius 1 is 1.14 bits per heavy atom. The van der Waals surface area contributed by atoms with Crippen molar-refractivity contribution in [2.75, 3.05) is 23.7 Å². The third kappa shape index (κ3) is 4.03. The first-order valence-electron chi connectivity index (χ1n) is 10.5. The minimum absolute atomic E-state index is 0.431. The maximum atomic E-state index is 4.77. The molecule has 0 bridgehead atoms. The van der Waals surface area contributed by atoms with Gasteiger partial charge in [-0.25, -0.2) is 0 Å². The van der Waals surface area contributed by atoms with Crippen LogP contribution in [-0.2, 0) is 13.1 Å². The van der Waals surface area contributed by atoms with Gasteiger partial charge in [-0.2, -0.15) is 5.10 Å². The number of aryl methyl sites for hydroxylation is 2. The Hall–Kier alpha value is -2.43. The van der Waals surface area contributed by atoms with Crippen molar-refractivity contribution in [3.05, 3.63) is 53.5 Å². The van der Waals surface area contributed by atoms with Gasteiger partial charge in [-0.3, -0.25) is 4.68 Å². The third-order valence-corrected chi connectivity index (χ3v) is 6.48. The fourth-order valence-electron chi connectivity index (χ4n) is 4.36.